The number of hydrogen-bond acceptors (Lipinski definition) is 5. The van der Waals surface area contributed by atoms with Crippen LogP contribution in [0.1, 0.15) is 4.88 Å². The third kappa shape index (κ3) is 3.00. The number of thiazole rings is 1. The van der Waals surface area contributed by atoms with E-state index in [4.69, 9.17) is 14.5 Å². The number of imidazole rings is 1. The fourth-order valence-electron chi connectivity index (χ4n) is 3.68. The molecule has 1 saturated heterocycles. The Kier molecular flexibility index (Phi) is 4.32. The Morgan fingerprint density at radius 1 is 1.07 bits per heavy atom. The Hall–Kier alpha value is -2.41. The van der Waals surface area contributed by atoms with Crippen LogP contribution in [-0.2, 0) is 11.3 Å². The standard InChI is InChI=1S/C21H21N3O2S/c1-25-16-8-6-15(7-9-16)20-19(14-23-10-12-26-13-11-23)27-21-22-17-4-2-3-5-18(17)24(20)21/h2-9H,10-14H2,1H3. The summed E-state index contributed by atoms with van der Waals surface area (Å²) in [6.07, 6.45) is 0. The minimum atomic E-state index is 0.809. The molecule has 0 saturated carbocycles. The molecular formula is C21H21N3O2S. The predicted molar refractivity (Wildman–Crippen MR) is 109 cm³/mol. The Labute approximate surface area is 161 Å². The second-order valence-corrected chi connectivity index (χ2v) is 7.77. The van der Waals surface area contributed by atoms with Crippen LogP contribution in [0.15, 0.2) is 48.5 Å². The molecule has 0 spiro atoms. The second kappa shape index (κ2) is 6.96. The zero-order chi connectivity index (χ0) is 18.2. The molecule has 138 valence electrons. The number of morpholine rings is 1. The lowest BCUT2D eigenvalue weighted by Crippen LogP contribution is -2.35. The Morgan fingerprint density at radius 2 is 1.85 bits per heavy atom. The average molecular weight is 379 g/mol. The monoisotopic (exact) mass is 379 g/mol. The molecule has 6 heteroatoms. The molecule has 5 nitrogen and oxygen atoms in total. The summed E-state index contributed by atoms with van der Waals surface area (Å²) in [5.41, 5.74) is 4.62. The van der Waals surface area contributed by atoms with Gasteiger partial charge in [0, 0.05) is 30.1 Å². The van der Waals surface area contributed by atoms with Crippen molar-refractivity contribution in [2.24, 2.45) is 0 Å². The van der Waals surface area contributed by atoms with E-state index in [-0.39, 0.29) is 0 Å². The van der Waals surface area contributed by atoms with Crippen LogP contribution in [0, 0.1) is 0 Å². The summed E-state index contributed by atoms with van der Waals surface area (Å²) >= 11 is 1.79. The first-order valence-corrected chi connectivity index (χ1v) is 9.98. The van der Waals surface area contributed by atoms with Gasteiger partial charge in [0.15, 0.2) is 4.96 Å². The van der Waals surface area contributed by atoms with Crippen LogP contribution >= 0.6 is 11.3 Å². The zero-order valence-corrected chi connectivity index (χ0v) is 16.0. The fraction of sp³-hybridized carbons (Fsp3) is 0.286. The number of ether oxygens (including phenoxy) is 2. The average Bonchev–Trinajstić information content (AvgIpc) is 3.24. The van der Waals surface area contributed by atoms with Gasteiger partial charge in [-0.1, -0.05) is 23.5 Å². The van der Waals surface area contributed by atoms with E-state index in [9.17, 15) is 0 Å². The Bertz CT molecular complexity index is 1080. The van der Waals surface area contributed by atoms with Crippen molar-refractivity contribution in [2.75, 3.05) is 33.4 Å². The molecule has 0 unspecified atom stereocenters. The lowest BCUT2D eigenvalue weighted by atomic mass is 10.1. The fourth-order valence-corrected chi connectivity index (χ4v) is 4.88. The van der Waals surface area contributed by atoms with Crippen LogP contribution in [0.25, 0.3) is 27.3 Å². The first kappa shape index (κ1) is 16.7. The van der Waals surface area contributed by atoms with Crippen LogP contribution in [0.4, 0.5) is 0 Å². The van der Waals surface area contributed by atoms with Crippen molar-refractivity contribution in [1.82, 2.24) is 14.3 Å². The SMILES string of the molecule is COc1ccc(-c2c(CN3CCOCC3)sc3nc4ccccc4n23)cc1. The van der Waals surface area contributed by atoms with Crippen LogP contribution in [0.3, 0.4) is 0 Å². The van der Waals surface area contributed by atoms with Gasteiger partial charge in [-0.05, 0) is 36.4 Å². The number of hydrogen-bond donors (Lipinski definition) is 0. The van der Waals surface area contributed by atoms with Gasteiger partial charge in [-0.15, -0.1) is 0 Å². The number of rotatable bonds is 4. The number of aromatic nitrogens is 2. The van der Waals surface area contributed by atoms with E-state index < -0.39 is 0 Å². The first-order valence-electron chi connectivity index (χ1n) is 9.17. The smallest absolute Gasteiger partial charge is 0.195 e. The Morgan fingerprint density at radius 3 is 2.63 bits per heavy atom. The topological polar surface area (TPSA) is 39.0 Å². The van der Waals surface area contributed by atoms with Crippen molar-refractivity contribution in [2.45, 2.75) is 6.54 Å². The summed E-state index contributed by atoms with van der Waals surface area (Å²) in [7, 11) is 1.70. The third-order valence-electron chi connectivity index (χ3n) is 5.07. The largest absolute Gasteiger partial charge is 0.497 e. The molecule has 5 rings (SSSR count). The molecule has 4 aromatic rings. The summed E-state index contributed by atoms with van der Waals surface area (Å²) in [5.74, 6) is 0.871. The highest BCUT2D eigenvalue weighted by Crippen LogP contribution is 2.36. The van der Waals surface area contributed by atoms with Crippen LogP contribution in [-0.4, -0.2) is 47.7 Å². The van der Waals surface area contributed by atoms with Gasteiger partial charge in [-0.3, -0.25) is 9.30 Å². The number of methoxy groups -OCH3 is 1. The van der Waals surface area contributed by atoms with Gasteiger partial charge < -0.3 is 9.47 Å². The molecule has 2 aromatic carbocycles. The highest BCUT2D eigenvalue weighted by Gasteiger charge is 2.21. The highest BCUT2D eigenvalue weighted by molar-refractivity contribution is 7.17. The molecule has 0 aliphatic carbocycles. The minimum absolute atomic E-state index is 0.809. The van der Waals surface area contributed by atoms with E-state index in [1.54, 1.807) is 18.4 Å². The molecule has 0 amide bonds. The van der Waals surface area contributed by atoms with Crippen molar-refractivity contribution in [3.63, 3.8) is 0 Å². The lowest BCUT2D eigenvalue weighted by Gasteiger charge is -2.26. The van der Waals surface area contributed by atoms with Gasteiger partial charge in [0.05, 0.1) is 37.1 Å². The lowest BCUT2D eigenvalue weighted by molar-refractivity contribution is 0.0347. The van der Waals surface area contributed by atoms with E-state index >= 15 is 0 Å². The van der Waals surface area contributed by atoms with Crippen molar-refractivity contribution in [3.05, 3.63) is 53.4 Å². The third-order valence-corrected chi connectivity index (χ3v) is 6.09. The predicted octanol–water partition coefficient (Wildman–Crippen LogP) is 4.06. The zero-order valence-electron chi connectivity index (χ0n) is 15.2. The molecule has 1 fully saturated rings. The van der Waals surface area contributed by atoms with Gasteiger partial charge in [-0.2, -0.15) is 0 Å². The molecule has 3 heterocycles. The first-order chi connectivity index (χ1) is 13.3. The maximum Gasteiger partial charge on any atom is 0.195 e. The molecule has 1 aliphatic rings. The van der Waals surface area contributed by atoms with Gasteiger partial charge in [0.25, 0.3) is 0 Å². The van der Waals surface area contributed by atoms with E-state index in [1.165, 1.54) is 16.1 Å². The number of benzene rings is 2. The summed E-state index contributed by atoms with van der Waals surface area (Å²) in [6.45, 7) is 4.49. The van der Waals surface area contributed by atoms with E-state index in [2.05, 4.69) is 39.6 Å². The van der Waals surface area contributed by atoms with Crippen molar-refractivity contribution >= 4 is 27.3 Å². The molecule has 2 aromatic heterocycles. The molecular weight excluding hydrogens is 358 g/mol. The Balaban J connectivity index is 1.68. The van der Waals surface area contributed by atoms with E-state index in [1.807, 2.05) is 18.2 Å². The summed E-state index contributed by atoms with van der Waals surface area (Å²) in [5, 5.41) is 0. The van der Waals surface area contributed by atoms with Gasteiger partial charge >= 0.3 is 0 Å². The van der Waals surface area contributed by atoms with Crippen molar-refractivity contribution in [1.29, 1.82) is 0 Å². The van der Waals surface area contributed by atoms with Crippen LogP contribution in [0.2, 0.25) is 0 Å². The molecule has 27 heavy (non-hydrogen) atoms. The summed E-state index contributed by atoms with van der Waals surface area (Å²) in [4.78, 5) is 9.71. The summed E-state index contributed by atoms with van der Waals surface area (Å²) < 4.78 is 13.2. The highest BCUT2D eigenvalue weighted by atomic mass is 32.1. The van der Waals surface area contributed by atoms with E-state index in [0.29, 0.717) is 0 Å². The summed E-state index contributed by atoms with van der Waals surface area (Å²) in [6, 6.07) is 16.7. The maximum absolute atomic E-state index is 5.51. The van der Waals surface area contributed by atoms with Crippen molar-refractivity contribution < 1.29 is 9.47 Å². The van der Waals surface area contributed by atoms with Gasteiger partial charge in [0.1, 0.15) is 5.75 Å². The molecule has 1 aliphatic heterocycles. The maximum atomic E-state index is 5.51. The number of nitrogens with zero attached hydrogens (tertiary/aromatic N) is 3. The molecule has 0 N–H and O–H groups in total. The van der Waals surface area contributed by atoms with E-state index in [0.717, 1.165) is 54.6 Å². The minimum Gasteiger partial charge on any atom is -0.497 e. The number of fused-ring (bicyclic) bond motifs is 3. The quantitative estimate of drug-likeness (QED) is 0.536. The normalized spacial score (nSPS) is 15.6. The van der Waals surface area contributed by atoms with Crippen molar-refractivity contribution in [3.8, 4) is 17.0 Å². The second-order valence-electron chi connectivity index (χ2n) is 6.71. The number of para-hydroxylation sites is 2. The van der Waals surface area contributed by atoms with Crippen LogP contribution < -0.4 is 4.74 Å². The van der Waals surface area contributed by atoms with Gasteiger partial charge in [0.2, 0.25) is 0 Å². The molecule has 0 bridgehead atoms. The van der Waals surface area contributed by atoms with Crippen LogP contribution in [0.5, 0.6) is 5.75 Å². The molecule has 0 atom stereocenters. The molecule has 0 radical (unpaired) electrons. The van der Waals surface area contributed by atoms with Gasteiger partial charge in [-0.25, -0.2) is 4.98 Å².